The van der Waals surface area contributed by atoms with E-state index in [0.717, 1.165) is 16.3 Å². The van der Waals surface area contributed by atoms with Gasteiger partial charge in [0.1, 0.15) is 0 Å². The topological polar surface area (TPSA) is 24.1 Å². The fraction of sp³-hybridized carbons (Fsp3) is 0.133. The fourth-order valence-electron chi connectivity index (χ4n) is 1.76. The largest absolute Gasteiger partial charge is 0.358 e. The lowest BCUT2D eigenvalue weighted by Crippen LogP contribution is -2.28. The molecule has 2 N–H and O–H groups in total. The molecule has 0 spiro atoms. The zero-order valence-electron chi connectivity index (χ0n) is 10.9. The smallest absolute Gasteiger partial charge is 0.171 e. The summed E-state index contributed by atoms with van der Waals surface area (Å²) in [6, 6.07) is 14.0. The number of hydrogen-bond acceptors (Lipinski definition) is 1. The van der Waals surface area contributed by atoms with Crippen molar-refractivity contribution in [3.8, 4) is 0 Å². The Balaban J connectivity index is 1.92. The van der Waals surface area contributed by atoms with E-state index in [1.54, 1.807) is 0 Å². The first kappa shape index (κ1) is 15.5. The van der Waals surface area contributed by atoms with E-state index in [2.05, 4.69) is 51.4 Å². The molecule has 0 heterocycles. The monoisotopic (exact) mass is 416 g/mol. The number of thiocarbonyl (C=S) groups is 1. The van der Waals surface area contributed by atoms with E-state index >= 15 is 0 Å². The highest BCUT2D eigenvalue weighted by atomic mass is 127. The highest BCUT2D eigenvalue weighted by Gasteiger charge is 2.02. The van der Waals surface area contributed by atoms with Gasteiger partial charge in [0, 0.05) is 20.8 Å². The Morgan fingerprint density at radius 2 is 2.05 bits per heavy atom. The summed E-state index contributed by atoms with van der Waals surface area (Å²) in [6.45, 7) is 2.70. The Morgan fingerprint density at radius 1 is 1.25 bits per heavy atom. The van der Waals surface area contributed by atoms with Crippen LogP contribution in [0.2, 0.25) is 5.02 Å². The van der Waals surface area contributed by atoms with Crippen molar-refractivity contribution in [2.24, 2.45) is 0 Å². The first-order valence-corrected chi connectivity index (χ1v) is 7.96. The Hall–Kier alpha value is -0.850. The summed E-state index contributed by atoms with van der Waals surface area (Å²) in [6.07, 6.45) is 0. The van der Waals surface area contributed by atoms with Crippen LogP contribution in [-0.4, -0.2) is 5.11 Å². The molecule has 0 amide bonds. The number of hydrogen-bond donors (Lipinski definition) is 2. The predicted octanol–water partition coefficient (Wildman–Crippen LogP) is 4.74. The van der Waals surface area contributed by atoms with Crippen molar-refractivity contribution < 1.29 is 0 Å². The first-order chi connectivity index (χ1) is 9.54. The van der Waals surface area contributed by atoms with Crippen LogP contribution in [0.3, 0.4) is 0 Å². The standard InChI is InChI=1S/C15H14ClIN2S/c1-10-7-12(16)5-6-14(10)19-15(20)18-9-11-3-2-4-13(17)8-11/h2-8H,9H2,1H3,(H2,18,19,20). The minimum atomic E-state index is 0.606. The van der Waals surface area contributed by atoms with Gasteiger partial charge in [0.25, 0.3) is 0 Å². The Labute approximate surface area is 143 Å². The average Bonchev–Trinajstić information content (AvgIpc) is 2.40. The van der Waals surface area contributed by atoms with Gasteiger partial charge in [0.2, 0.25) is 0 Å². The lowest BCUT2D eigenvalue weighted by molar-refractivity contribution is 0.924. The summed E-state index contributed by atoms with van der Waals surface area (Å²) < 4.78 is 1.22. The molecule has 0 saturated carbocycles. The minimum absolute atomic E-state index is 0.606. The quantitative estimate of drug-likeness (QED) is 0.558. The molecule has 0 unspecified atom stereocenters. The zero-order chi connectivity index (χ0) is 14.5. The Morgan fingerprint density at radius 3 is 2.75 bits per heavy atom. The van der Waals surface area contributed by atoms with Crippen molar-refractivity contribution in [2.45, 2.75) is 13.5 Å². The van der Waals surface area contributed by atoms with Crippen molar-refractivity contribution in [3.05, 3.63) is 62.2 Å². The molecule has 104 valence electrons. The maximum absolute atomic E-state index is 5.93. The van der Waals surface area contributed by atoms with E-state index in [1.807, 2.05) is 31.2 Å². The summed E-state index contributed by atoms with van der Waals surface area (Å²) in [4.78, 5) is 0. The van der Waals surface area contributed by atoms with Crippen LogP contribution in [-0.2, 0) is 6.54 Å². The highest BCUT2D eigenvalue weighted by Crippen LogP contribution is 2.19. The number of anilines is 1. The normalized spacial score (nSPS) is 10.2. The molecule has 0 radical (unpaired) electrons. The van der Waals surface area contributed by atoms with Crippen LogP contribution in [0.4, 0.5) is 5.69 Å². The van der Waals surface area contributed by atoms with Crippen molar-refractivity contribution >= 4 is 57.2 Å². The van der Waals surface area contributed by atoms with Crippen LogP contribution in [0.1, 0.15) is 11.1 Å². The minimum Gasteiger partial charge on any atom is -0.358 e. The van der Waals surface area contributed by atoms with Gasteiger partial charge in [0.15, 0.2) is 5.11 Å². The first-order valence-electron chi connectivity index (χ1n) is 6.10. The zero-order valence-corrected chi connectivity index (χ0v) is 14.6. The number of nitrogens with one attached hydrogen (secondary N) is 2. The summed E-state index contributed by atoms with van der Waals surface area (Å²) in [5.74, 6) is 0. The van der Waals surface area contributed by atoms with E-state index in [4.69, 9.17) is 23.8 Å². The Bertz CT molecular complexity index is 631. The van der Waals surface area contributed by atoms with Crippen LogP contribution < -0.4 is 10.6 Å². The predicted molar refractivity (Wildman–Crippen MR) is 98.4 cm³/mol. The molecule has 0 atom stereocenters. The number of aryl methyl sites for hydroxylation is 1. The van der Waals surface area contributed by atoms with Crippen LogP contribution >= 0.6 is 46.4 Å². The van der Waals surface area contributed by atoms with Crippen LogP contribution in [0.15, 0.2) is 42.5 Å². The second kappa shape index (κ2) is 7.24. The molecule has 0 aliphatic rings. The lowest BCUT2D eigenvalue weighted by atomic mass is 10.2. The molecule has 0 aromatic heterocycles. The third-order valence-corrected chi connectivity index (χ3v) is 3.93. The van der Waals surface area contributed by atoms with Gasteiger partial charge >= 0.3 is 0 Å². The van der Waals surface area contributed by atoms with Gasteiger partial charge in [-0.05, 0) is 83.2 Å². The second-order valence-corrected chi connectivity index (χ2v) is 6.49. The van der Waals surface area contributed by atoms with E-state index < -0.39 is 0 Å². The molecule has 0 fully saturated rings. The van der Waals surface area contributed by atoms with Crippen molar-refractivity contribution in [1.29, 1.82) is 0 Å². The molecule has 0 aliphatic heterocycles. The van der Waals surface area contributed by atoms with Gasteiger partial charge in [-0.1, -0.05) is 23.7 Å². The third kappa shape index (κ3) is 4.61. The van der Waals surface area contributed by atoms with Crippen LogP contribution in [0, 0.1) is 10.5 Å². The van der Waals surface area contributed by atoms with Crippen molar-refractivity contribution in [3.63, 3.8) is 0 Å². The molecule has 2 aromatic rings. The SMILES string of the molecule is Cc1cc(Cl)ccc1NC(=S)NCc1cccc(I)c1. The van der Waals surface area contributed by atoms with Crippen LogP contribution in [0.25, 0.3) is 0 Å². The molecule has 5 heteroatoms. The van der Waals surface area contributed by atoms with E-state index in [1.165, 1.54) is 9.13 Å². The van der Waals surface area contributed by atoms with E-state index in [9.17, 15) is 0 Å². The summed E-state index contributed by atoms with van der Waals surface area (Å²) >= 11 is 13.5. The maximum Gasteiger partial charge on any atom is 0.171 e. The maximum atomic E-state index is 5.93. The molecular formula is C15H14ClIN2S. The Kier molecular flexibility index (Phi) is 5.63. The van der Waals surface area contributed by atoms with E-state index in [0.29, 0.717) is 11.7 Å². The average molecular weight is 417 g/mol. The molecule has 2 aromatic carbocycles. The summed E-state index contributed by atoms with van der Waals surface area (Å²) in [7, 11) is 0. The van der Waals surface area contributed by atoms with Crippen molar-refractivity contribution in [1.82, 2.24) is 5.32 Å². The number of benzene rings is 2. The fourth-order valence-corrected chi connectivity index (χ4v) is 2.78. The van der Waals surface area contributed by atoms with Gasteiger partial charge in [0.05, 0.1) is 0 Å². The van der Waals surface area contributed by atoms with Gasteiger partial charge in [-0.25, -0.2) is 0 Å². The molecule has 0 aliphatic carbocycles. The molecule has 0 saturated heterocycles. The summed E-state index contributed by atoms with van der Waals surface area (Å²) in [5, 5.41) is 7.72. The van der Waals surface area contributed by atoms with E-state index in [-0.39, 0.29) is 0 Å². The lowest BCUT2D eigenvalue weighted by Gasteiger charge is -2.13. The summed E-state index contributed by atoms with van der Waals surface area (Å²) in [5.41, 5.74) is 3.24. The van der Waals surface area contributed by atoms with Gasteiger partial charge in [-0.15, -0.1) is 0 Å². The van der Waals surface area contributed by atoms with Crippen LogP contribution in [0.5, 0.6) is 0 Å². The second-order valence-electron chi connectivity index (χ2n) is 4.40. The molecule has 2 rings (SSSR count). The van der Waals surface area contributed by atoms with Gasteiger partial charge in [-0.3, -0.25) is 0 Å². The number of rotatable bonds is 3. The van der Waals surface area contributed by atoms with Crippen molar-refractivity contribution in [2.75, 3.05) is 5.32 Å². The highest BCUT2D eigenvalue weighted by molar-refractivity contribution is 14.1. The molecule has 0 bridgehead atoms. The van der Waals surface area contributed by atoms with Gasteiger partial charge in [-0.2, -0.15) is 0 Å². The molecular weight excluding hydrogens is 403 g/mol. The molecule has 2 nitrogen and oxygen atoms in total. The molecule has 20 heavy (non-hydrogen) atoms. The third-order valence-electron chi connectivity index (χ3n) is 2.78. The van der Waals surface area contributed by atoms with Gasteiger partial charge < -0.3 is 10.6 Å². The number of halogens is 2.